The lowest BCUT2D eigenvalue weighted by atomic mass is 10.1. The zero-order valence-electron chi connectivity index (χ0n) is 7.50. The summed E-state index contributed by atoms with van der Waals surface area (Å²) in [5, 5.41) is 0. The maximum Gasteiger partial charge on any atom is 0.111 e. The normalized spacial score (nSPS) is 32.4. The summed E-state index contributed by atoms with van der Waals surface area (Å²) < 4.78 is 0. The van der Waals surface area contributed by atoms with Crippen LogP contribution in [-0.4, -0.2) is 4.87 Å². The van der Waals surface area contributed by atoms with E-state index in [-0.39, 0.29) is 10.3 Å². The van der Waals surface area contributed by atoms with Crippen molar-refractivity contribution >= 4 is 11.6 Å². The number of hydrogen-bond donors (Lipinski definition) is 0. The van der Waals surface area contributed by atoms with E-state index in [4.69, 9.17) is 11.6 Å². The molecule has 0 N–H and O–H groups in total. The van der Waals surface area contributed by atoms with Gasteiger partial charge in [-0.1, -0.05) is 26.7 Å². The fraction of sp³-hybridized carbons (Fsp3) is 0.800. The average molecular weight is 171 g/mol. The minimum Gasteiger partial charge on any atom is -0.104 e. The van der Waals surface area contributed by atoms with Crippen molar-refractivity contribution in [3.05, 3.63) is 0 Å². The standard InChI is InChI=1S/C10H15Cl/c1-4-5-6-7-10(11)8-9(10,2)3/h4-5,8H2,1-3H3. The van der Waals surface area contributed by atoms with E-state index < -0.39 is 0 Å². The van der Waals surface area contributed by atoms with Crippen molar-refractivity contribution in [2.45, 2.75) is 44.9 Å². The van der Waals surface area contributed by atoms with Crippen LogP contribution >= 0.6 is 11.6 Å². The van der Waals surface area contributed by atoms with Crippen LogP contribution in [0.3, 0.4) is 0 Å². The Morgan fingerprint density at radius 2 is 2.00 bits per heavy atom. The van der Waals surface area contributed by atoms with Gasteiger partial charge >= 0.3 is 0 Å². The molecule has 0 amide bonds. The molecular weight excluding hydrogens is 156 g/mol. The minimum absolute atomic E-state index is 0.192. The second-order valence-electron chi connectivity index (χ2n) is 3.91. The van der Waals surface area contributed by atoms with Gasteiger partial charge in [0.1, 0.15) is 4.87 Å². The molecule has 1 rings (SSSR count). The first-order valence-corrected chi connectivity index (χ1v) is 4.58. The molecule has 0 bridgehead atoms. The molecule has 0 aromatic rings. The summed E-state index contributed by atoms with van der Waals surface area (Å²) >= 11 is 6.20. The number of unbranched alkanes of at least 4 members (excludes halogenated alkanes) is 1. The minimum atomic E-state index is -0.192. The molecule has 0 radical (unpaired) electrons. The van der Waals surface area contributed by atoms with E-state index in [0.29, 0.717) is 0 Å². The molecule has 1 aliphatic rings. The number of rotatable bonds is 1. The summed E-state index contributed by atoms with van der Waals surface area (Å²) in [6, 6.07) is 0. The molecule has 1 fully saturated rings. The Kier molecular flexibility index (Phi) is 2.21. The highest BCUT2D eigenvalue weighted by Crippen LogP contribution is 2.60. The predicted molar refractivity (Wildman–Crippen MR) is 49.7 cm³/mol. The second kappa shape index (κ2) is 2.72. The molecule has 0 spiro atoms. The van der Waals surface area contributed by atoms with E-state index in [0.717, 1.165) is 19.3 Å². The lowest BCUT2D eigenvalue weighted by molar-refractivity contribution is 0.629. The van der Waals surface area contributed by atoms with E-state index in [9.17, 15) is 0 Å². The van der Waals surface area contributed by atoms with Crippen LogP contribution < -0.4 is 0 Å². The molecule has 1 heteroatoms. The first kappa shape index (κ1) is 8.94. The third-order valence-electron chi connectivity index (χ3n) is 2.29. The average Bonchev–Trinajstić information content (AvgIpc) is 2.33. The summed E-state index contributed by atoms with van der Waals surface area (Å²) in [7, 11) is 0. The molecule has 0 heterocycles. The molecule has 11 heavy (non-hydrogen) atoms. The van der Waals surface area contributed by atoms with Gasteiger partial charge < -0.3 is 0 Å². The van der Waals surface area contributed by atoms with Crippen LogP contribution in [0.1, 0.15) is 40.0 Å². The molecule has 1 saturated carbocycles. The van der Waals surface area contributed by atoms with Gasteiger partial charge in [0, 0.05) is 6.42 Å². The maximum atomic E-state index is 6.20. The van der Waals surface area contributed by atoms with Gasteiger partial charge in [0.2, 0.25) is 0 Å². The third kappa shape index (κ3) is 1.71. The topological polar surface area (TPSA) is 0 Å². The van der Waals surface area contributed by atoms with Crippen molar-refractivity contribution in [3.63, 3.8) is 0 Å². The van der Waals surface area contributed by atoms with Gasteiger partial charge in [0.05, 0.1) is 0 Å². The molecular formula is C10H15Cl. The predicted octanol–water partition coefficient (Wildman–Crippen LogP) is 3.20. The largest absolute Gasteiger partial charge is 0.111 e. The first-order valence-electron chi connectivity index (χ1n) is 4.21. The van der Waals surface area contributed by atoms with Crippen molar-refractivity contribution in [3.8, 4) is 11.8 Å². The van der Waals surface area contributed by atoms with Crippen molar-refractivity contribution in [1.29, 1.82) is 0 Å². The Morgan fingerprint density at radius 3 is 2.36 bits per heavy atom. The van der Waals surface area contributed by atoms with Gasteiger partial charge in [0.25, 0.3) is 0 Å². The number of hydrogen-bond acceptors (Lipinski definition) is 0. The zero-order chi connectivity index (χ0) is 8.54. The molecule has 1 atom stereocenters. The van der Waals surface area contributed by atoms with Crippen molar-refractivity contribution in [2.75, 3.05) is 0 Å². The summed E-state index contributed by atoms with van der Waals surface area (Å²) in [5.41, 5.74) is 0.245. The zero-order valence-corrected chi connectivity index (χ0v) is 8.26. The molecule has 0 nitrogen and oxygen atoms in total. The van der Waals surface area contributed by atoms with Gasteiger partial charge in [-0.3, -0.25) is 0 Å². The van der Waals surface area contributed by atoms with Crippen LogP contribution in [0.4, 0.5) is 0 Å². The molecule has 62 valence electrons. The van der Waals surface area contributed by atoms with Gasteiger partial charge in [0.15, 0.2) is 0 Å². The molecule has 0 aromatic carbocycles. The summed E-state index contributed by atoms with van der Waals surface area (Å²) in [5.74, 6) is 6.25. The van der Waals surface area contributed by atoms with Crippen LogP contribution in [0, 0.1) is 17.3 Å². The summed E-state index contributed by atoms with van der Waals surface area (Å²) in [6.45, 7) is 6.47. The Labute approximate surface area is 74.3 Å². The van der Waals surface area contributed by atoms with Gasteiger partial charge in [-0.05, 0) is 18.3 Å². The fourth-order valence-corrected chi connectivity index (χ4v) is 1.51. The Morgan fingerprint density at radius 1 is 1.45 bits per heavy atom. The highest BCUT2D eigenvalue weighted by Gasteiger charge is 2.59. The Balaban J connectivity index is 2.47. The number of alkyl halides is 1. The smallest absolute Gasteiger partial charge is 0.104 e. The first-order chi connectivity index (χ1) is 5.02. The quantitative estimate of drug-likeness (QED) is 0.419. The van der Waals surface area contributed by atoms with Crippen molar-refractivity contribution in [1.82, 2.24) is 0 Å². The maximum absolute atomic E-state index is 6.20. The second-order valence-corrected chi connectivity index (χ2v) is 4.56. The van der Waals surface area contributed by atoms with E-state index in [1.165, 1.54) is 0 Å². The molecule has 0 aliphatic heterocycles. The SMILES string of the molecule is CCCC#CC1(Cl)CC1(C)C. The van der Waals surface area contributed by atoms with Crippen molar-refractivity contribution < 1.29 is 0 Å². The van der Waals surface area contributed by atoms with E-state index in [1.807, 2.05) is 0 Å². The van der Waals surface area contributed by atoms with E-state index >= 15 is 0 Å². The summed E-state index contributed by atoms with van der Waals surface area (Å²) in [4.78, 5) is -0.192. The molecule has 1 aliphatic carbocycles. The van der Waals surface area contributed by atoms with Crippen molar-refractivity contribution in [2.24, 2.45) is 5.41 Å². The van der Waals surface area contributed by atoms with Gasteiger partial charge in [-0.2, -0.15) is 0 Å². The fourth-order valence-electron chi connectivity index (χ4n) is 1.11. The van der Waals surface area contributed by atoms with Gasteiger partial charge in [-0.25, -0.2) is 0 Å². The number of halogens is 1. The Hall–Kier alpha value is -0.150. The molecule has 1 unspecified atom stereocenters. The van der Waals surface area contributed by atoms with Crippen LogP contribution in [0.2, 0.25) is 0 Å². The third-order valence-corrected chi connectivity index (χ3v) is 3.03. The monoisotopic (exact) mass is 170 g/mol. The highest BCUT2D eigenvalue weighted by atomic mass is 35.5. The van der Waals surface area contributed by atoms with E-state index in [2.05, 4.69) is 32.6 Å². The van der Waals surface area contributed by atoms with Gasteiger partial charge in [-0.15, -0.1) is 17.5 Å². The highest BCUT2D eigenvalue weighted by molar-refractivity contribution is 6.29. The van der Waals surface area contributed by atoms with Crippen LogP contribution in [0.5, 0.6) is 0 Å². The van der Waals surface area contributed by atoms with Crippen LogP contribution in [0.25, 0.3) is 0 Å². The lowest BCUT2D eigenvalue weighted by Crippen LogP contribution is -2.03. The summed E-state index contributed by atoms with van der Waals surface area (Å²) in [6.07, 6.45) is 3.14. The molecule has 0 aromatic heterocycles. The van der Waals surface area contributed by atoms with Crippen LogP contribution in [0.15, 0.2) is 0 Å². The van der Waals surface area contributed by atoms with E-state index in [1.54, 1.807) is 0 Å². The Bertz CT molecular complexity index is 207. The molecule has 0 saturated heterocycles. The lowest BCUT2D eigenvalue weighted by Gasteiger charge is -2.02. The van der Waals surface area contributed by atoms with Crippen LogP contribution in [-0.2, 0) is 0 Å².